The van der Waals surface area contributed by atoms with Gasteiger partial charge >= 0.3 is 0 Å². The normalized spacial score (nSPS) is 25.9. The molecule has 1 aromatic rings. The summed E-state index contributed by atoms with van der Waals surface area (Å²) in [6.07, 6.45) is 1.60. The number of carbonyl (C=O) groups is 1. The highest BCUT2D eigenvalue weighted by Gasteiger charge is 2.41. The number of methoxy groups -OCH3 is 1. The van der Waals surface area contributed by atoms with Crippen LogP contribution in [-0.2, 0) is 20.7 Å². The van der Waals surface area contributed by atoms with Gasteiger partial charge in [0.25, 0.3) is 0 Å². The summed E-state index contributed by atoms with van der Waals surface area (Å²) in [7, 11) is 1.74. The number of thiophene rings is 1. The third-order valence-corrected chi connectivity index (χ3v) is 5.59. The van der Waals surface area contributed by atoms with Crippen molar-refractivity contribution in [3.05, 3.63) is 22.4 Å². The first-order valence-corrected chi connectivity index (χ1v) is 9.23. The summed E-state index contributed by atoms with van der Waals surface area (Å²) < 4.78 is 11.0. The minimum atomic E-state index is 0.0918. The summed E-state index contributed by atoms with van der Waals surface area (Å²) >= 11 is 1.65. The van der Waals surface area contributed by atoms with E-state index in [0.29, 0.717) is 19.6 Å². The van der Waals surface area contributed by atoms with Crippen molar-refractivity contribution in [2.45, 2.75) is 12.8 Å². The van der Waals surface area contributed by atoms with Crippen LogP contribution >= 0.6 is 11.3 Å². The second-order valence-electron chi connectivity index (χ2n) is 6.70. The summed E-state index contributed by atoms with van der Waals surface area (Å²) in [5.74, 6) is 0.226. The Morgan fingerprint density at radius 3 is 3.13 bits per heavy atom. The average Bonchev–Trinajstić information content (AvgIpc) is 3.13. The van der Waals surface area contributed by atoms with Crippen LogP contribution in [-0.4, -0.2) is 75.4 Å². The summed E-state index contributed by atoms with van der Waals surface area (Å²) in [5, 5.41) is 4.09. The van der Waals surface area contributed by atoms with Crippen LogP contribution < -0.4 is 0 Å². The van der Waals surface area contributed by atoms with Gasteiger partial charge in [0.1, 0.15) is 0 Å². The van der Waals surface area contributed by atoms with Gasteiger partial charge in [-0.1, -0.05) is 0 Å². The number of likely N-dealkylation sites (tertiary alicyclic amines) is 1. The van der Waals surface area contributed by atoms with E-state index in [2.05, 4.69) is 10.3 Å². The van der Waals surface area contributed by atoms with E-state index in [1.165, 1.54) is 0 Å². The number of nitrogens with zero attached hydrogens (tertiary/aromatic N) is 2. The minimum absolute atomic E-state index is 0.0918. The number of carbonyl (C=O) groups excluding carboxylic acids is 1. The van der Waals surface area contributed by atoms with Crippen LogP contribution in [0.25, 0.3) is 0 Å². The van der Waals surface area contributed by atoms with Crippen molar-refractivity contribution in [3.8, 4) is 0 Å². The molecular formula is C17H26N2O3S. The summed E-state index contributed by atoms with van der Waals surface area (Å²) in [4.78, 5) is 17.1. The highest BCUT2D eigenvalue weighted by Crippen LogP contribution is 2.33. The van der Waals surface area contributed by atoms with Gasteiger partial charge in [0.15, 0.2) is 0 Å². The third-order valence-electron chi connectivity index (χ3n) is 4.86. The van der Waals surface area contributed by atoms with Crippen molar-refractivity contribution in [2.24, 2.45) is 5.41 Å². The number of rotatable bonds is 5. The molecule has 2 saturated heterocycles. The molecule has 3 heterocycles. The van der Waals surface area contributed by atoms with Crippen molar-refractivity contribution in [1.82, 2.24) is 9.80 Å². The van der Waals surface area contributed by atoms with Crippen molar-refractivity contribution in [1.29, 1.82) is 0 Å². The molecule has 2 fully saturated rings. The Labute approximate surface area is 142 Å². The topological polar surface area (TPSA) is 42.0 Å². The molecule has 128 valence electrons. The molecule has 2 aliphatic rings. The van der Waals surface area contributed by atoms with E-state index in [-0.39, 0.29) is 11.3 Å². The fraction of sp³-hybridized carbons (Fsp3) is 0.706. The molecule has 1 aromatic heterocycles. The molecule has 0 radical (unpaired) electrons. The van der Waals surface area contributed by atoms with Gasteiger partial charge in [0, 0.05) is 38.7 Å². The van der Waals surface area contributed by atoms with Crippen molar-refractivity contribution >= 4 is 17.2 Å². The van der Waals surface area contributed by atoms with Gasteiger partial charge < -0.3 is 19.3 Å². The first-order chi connectivity index (χ1) is 11.2. The van der Waals surface area contributed by atoms with Gasteiger partial charge in [-0.25, -0.2) is 0 Å². The van der Waals surface area contributed by atoms with E-state index in [4.69, 9.17) is 9.47 Å². The number of hydrogen-bond donors (Lipinski definition) is 0. The zero-order valence-corrected chi connectivity index (χ0v) is 14.6. The first-order valence-electron chi connectivity index (χ1n) is 8.29. The molecule has 23 heavy (non-hydrogen) atoms. The monoisotopic (exact) mass is 338 g/mol. The molecule has 0 bridgehead atoms. The number of amides is 1. The second kappa shape index (κ2) is 7.75. The van der Waals surface area contributed by atoms with Gasteiger partial charge in [-0.2, -0.15) is 11.3 Å². The maximum absolute atomic E-state index is 12.7. The summed E-state index contributed by atoms with van der Waals surface area (Å²) in [6, 6.07) is 2.04. The molecular weight excluding hydrogens is 312 g/mol. The Kier molecular flexibility index (Phi) is 5.69. The molecule has 0 aliphatic carbocycles. The van der Waals surface area contributed by atoms with E-state index in [1.54, 1.807) is 18.4 Å². The minimum Gasteiger partial charge on any atom is -0.383 e. The number of ether oxygens (including phenoxy) is 2. The maximum atomic E-state index is 12.7. The van der Waals surface area contributed by atoms with Crippen molar-refractivity contribution < 1.29 is 14.3 Å². The molecule has 1 amide bonds. The van der Waals surface area contributed by atoms with Crippen LogP contribution in [0.15, 0.2) is 16.8 Å². The van der Waals surface area contributed by atoms with Gasteiger partial charge in [-0.05, 0) is 35.4 Å². The maximum Gasteiger partial charge on any atom is 0.227 e. The van der Waals surface area contributed by atoms with Crippen LogP contribution in [0.2, 0.25) is 0 Å². The van der Waals surface area contributed by atoms with Gasteiger partial charge in [0.2, 0.25) is 5.91 Å². The van der Waals surface area contributed by atoms with E-state index in [9.17, 15) is 4.79 Å². The molecule has 1 unspecified atom stereocenters. The average molecular weight is 338 g/mol. The zero-order chi connectivity index (χ0) is 16.1. The summed E-state index contributed by atoms with van der Waals surface area (Å²) in [6.45, 7) is 6.73. The van der Waals surface area contributed by atoms with Gasteiger partial charge in [-0.15, -0.1) is 0 Å². The predicted molar refractivity (Wildman–Crippen MR) is 90.8 cm³/mol. The lowest BCUT2D eigenvalue weighted by atomic mass is 9.87. The van der Waals surface area contributed by atoms with Crippen LogP contribution in [0.5, 0.6) is 0 Å². The molecule has 6 heteroatoms. The fourth-order valence-corrected chi connectivity index (χ4v) is 4.24. The lowest BCUT2D eigenvalue weighted by Gasteiger charge is -2.32. The second-order valence-corrected chi connectivity index (χ2v) is 7.48. The van der Waals surface area contributed by atoms with Crippen LogP contribution in [0.3, 0.4) is 0 Å². The quantitative estimate of drug-likeness (QED) is 0.816. The molecule has 3 rings (SSSR count). The van der Waals surface area contributed by atoms with E-state index < -0.39 is 0 Å². The Morgan fingerprint density at radius 1 is 1.43 bits per heavy atom. The van der Waals surface area contributed by atoms with E-state index >= 15 is 0 Å². The largest absolute Gasteiger partial charge is 0.383 e. The molecule has 1 atom stereocenters. The molecule has 2 aliphatic heterocycles. The predicted octanol–water partition coefficient (Wildman–Crippen LogP) is 1.49. The highest BCUT2D eigenvalue weighted by atomic mass is 32.1. The molecule has 5 nitrogen and oxygen atoms in total. The van der Waals surface area contributed by atoms with Gasteiger partial charge in [0.05, 0.1) is 26.2 Å². The molecule has 0 aromatic carbocycles. The smallest absolute Gasteiger partial charge is 0.227 e. The fourth-order valence-electron chi connectivity index (χ4n) is 3.57. The van der Waals surface area contributed by atoms with Crippen LogP contribution in [0.4, 0.5) is 0 Å². The van der Waals surface area contributed by atoms with E-state index in [0.717, 1.165) is 51.4 Å². The van der Waals surface area contributed by atoms with Crippen molar-refractivity contribution in [2.75, 3.05) is 59.7 Å². The number of hydrogen-bond acceptors (Lipinski definition) is 5. The Bertz CT molecular complexity index is 508. The molecule has 1 spiro atoms. The Balaban J connectivity index is 1.61. The first kappa shape index (κ1) is 16.9. The van der Waals surface area contributed by atoms with Crippen molar-refractivity contribution in [3.63, 3.8) is 0 Å². The van der Waals surface area contributed by atoms with Crippen LogP contribution in [0.1, 0.15) is 12.0 Å². The SMILES string of the molecule is COCCN1CCC2(COCCN(C(=O)Cc3ccsc3)C2)C1. The zero-order valence-electron chi connectivity index (χ0n) is 13.8. The third kappa shape index (κ3) is 4.32. The lowest BCUT2D eigenvalue weighted by molar-refractivity contribution is -0.131. The van der Waals surface area contributed by atoms with Crippen LogP contribution in [0, 0.1) is 5.41 Å². The van der Waals surface area contributed by atoms with Gasteiger partial charge in [-0.3, -0.25) is 4.79 Å². The molecule has 0 saturated carbocycles. The summed E-state index contributed by atoms with van der Waals surface area (Å²) in [5.41, 5.74) is 1.21. The lowest BCUT2D eigenvalue weighted by Crippen LogP contribution is -2.44. The standard InChI is InChI=1S/C17H26N2O3S/c1-21-7-5-18-4-3-17(12-18)13-19(6-8-22-14-17)16(20)10-15-2-9-23-11-15/h2,9,11H,3-8,10,12-14H2,1H3. The van der Waals surface area contributed by atoms with E-state index in [1.807, 2.05) is 16.3 Å². The highest BCUT2D eigenvalue weighted by molar-refractivity contribution is 7.07. The molecule has 0 N–H and O–H groups in total. The Morgan fingerprint density at radius 2 is 2.35 bits per heavy atom. The Hall–Kier alpha value is -0.950.